The summed E-state index contributed by atoms with van der Waals surface area (Å²) < 4.78 is 37.1. The number of H-pyrrole nitrogens is 1. The molecule has 11 nitrogen and oxygen atoms in total. The molecule has 2 N–H and O–H groups in total. The number of nitrogens with one attached hydrogen (secondary N) is 2. The van der Waals surface area contributed by atoms with E-state index in [-0.39, 0.29) is 21.9 Å². The van der Waals surface area contributed by atoms with Gasteiger partial charge in [-0.05, 0) is 43.2 Å². The van der Waals surface area contributed by atoms with Crippen LogP contribution in [0.15, 0.2) is 57.2 Å². The summed E-state index contributed by atoms with van der Waals surface area (Å²) in [7, 11) is -2.53. The molecule has 0 aliphatic carbocycles. The van der Waals surface area contributed by atoms with E-state index in [1.807, 2.05) is 13.8 Å². The number of benzene rings is 1. The minimum atomic E-state index is -3.95. The molecule has 0 spiro atoms. The molecule has 3 heterocycles. The first kappa shape index (κ1) is 25.2. The number of rotatable bonds is 10. The molecular formula is C24H28N6O5S. The van der Waals surface area contributed by atoms with Crippen molar-refractivity contribution in [3.8, 4) is 17.1 Å². The number of unbranched alkanes of at least 4 members (excludes halogenated alkanes) is 1. The maximum absolute atomic E-state index is 13.1. The zero-order valence-corrected chi connectivity index (χ0v) is 21.1. The molecule has 4 aromatic rings. The van der Waals surface area contributed by atoms with Gasteiger partial charge in [0.05, 0.1) is 22.8 Å². The Bertz CT molecular complexity index is 1610. The second-order valence-electron chi connectivity index (χ2n) is 8.28. The summed E-state index contributed by atoms with van der Waals surface area (Å²) in [6.07, 6.45) is 5.29. The minimum absolute atomic E-state index is 0.0186. The van der Waals surface area contributed by atoms with Crippen LogP contribution in [0.4, 0.5) is 5.69 Å². The number of pyridine rings is 1. The van der Waals surface area contributed by atoms with Gasteiger partial charge in [0.1, 0.15) is 17.1 Å². The number of imidazole rings is 1. The van der Waals surface area contributed by atoms with E-state index < -0.39 is 21.3 Å². The molecule has 0 aliphatic heterocycles. The molecule has 0 saturated heterocycles. The number of nitrogens with zero attached hydrogens (tertiary/aromatic N) is 4. The molecule has 0 bridgehead atoms. The number of hydrogen-bond donors (Lipinski definition) is 2. The van der Waals surface area contributed by atoms with Gasteiger partial charge in [-0.3, -0.25) is 23.6 Å². The Hall–Kier alpha value is -3.93. The standard InChI is InChI=1S/C24H28N6O5S/c1-4-6-13-30-22-20(23(31)29(3)24(30)32)26-21(27-22)18-15-17(7-8-19(18)35-14-5-2)36(33,34)28-16-9-11-25-12-10-16/h7-12,15H,4-6,13-14H2,1-3H3,(H,25,28)(H,26,27). The lowest BCUT2D eigenvalue weighted by molar-refractivity contribution is 0.318. The van der Waals surface area contributed by atoms with E-state index in [9.17, 15) is 18.0 Å². The molecule has 0 fully saturated rings. The molecule has 3 aromatic heterocycles. The Morgan fingerprint density at radius 3 is 2.53 bits per heavy atom. The van der Waals surface area contributed by atoms with Crippen molar-refractivity contribution in [1.29, 1.82) is 0 Å². The average molecular weight is 513 g/mol. The zero-order valence-electron chi connectivity index (χ0n) is 20.3. The summed E-state index contributed by atoms with van der Waals surface area (Å²) in [6, 6.07) is 7.52. The number of ether oxygens (including phenoxy) is 1. The van der Waals surface area contributed by atoms with Crippen molar-refractivity contribution < 1.29 is 13.2 Å². The topological polar surface area (TPSA) is 141 Å². The van der Waals surface area contributed by atoms with Gasteiger partial charge in [-0.15, -0.1) is 0 Å². The highest BCUT2D eigenvalue weighted by Crippen LogP contribution is 2.32. The van der Waals surface area contributed by atoms with Crippen LogP contribution in [-0.2, 0) is 23.6 Å². The lowest BCUT2D eigenvalue weighted by Crippen LogP contribution is -2.38. The molecule has 4 rings (SSSR count). The Kier molecular flexibility index (Phi) is 7.25. The summed E-state index contributed by atoms with van der Waals surface area (Å²) in [6.45, 7) is 4.75. The van der Waals surface area contributed by atoms with Gasteiger partial charge in [-0.25, -0.2) is 18.2 Å². The molecule has 190 valence electrons. The van der Waals surface area contributed by atoms with Crippen molar-refractivity contribution in [2.24, 2.45) is 7.05 Å². The normalized spacial score (nSPS) is 11.6. The molecule has 0 unspecified atom stereocenters. The first-order valence-electron chi connectivity index (χ1n) is 11.7. The van der Waals surface area contributed by atoms with E-state index in [0.29, 0.717) is 30.2 Å². The summed E-state index contributed by atoms with van der Waals surface area (Å²) in [5.41, 5.74) is 0.128. The monoisotopic (exact) mass is 512 g/mol. The SMILES string of the molecule is CCCCn1c(=O)n(C)c(=O)c2[nH]c(-c3cc(S(=O)(=O)Nc4ccncc4)ccc3OCCC)nc21. The van der Waals surface area contributed by atoms with E-state index >= 15 is 0 Å². The van der Waals surface area contributed by atoms with Gasteiger partial charge in [-0.1, -0.05) is 20.3 Å². The highest BCUT2D eigenvalue weighted by atomic mass is 32.2. The highest BCUT2D eigenvalue weighted by Gasteiger charge is 2.22. The van der Waals surface area contributed by atoms with E-state index in [2.05, 4.69) is 19.7 Å². The van der Waals surface area contributed by atoms with Crippen molar-refractivity contribution in [2.45, 2.75) is 44.6 Å². The number of aromatic nitrogens is 5. The van der Waals surface area contributed by atoms with Crippen molar-refractivity contribution in [1.82, 2.24) is 24.1 Å². The summed E-state index contributed by atoms with van der Waals surface area (Å²) in [5, 5.41) is 0. The van der Waals surface area contributed by atoms with Crippen LogP contribution in [-0.4, -0.2) is 39.1 Å². The summed E-state index contributed by atoms with van der Waals surface area (Å²) in [4.78, 5) is 37.1. The number of fused-ring (bicyclic) bond motifs is 1. The van der Waals surface area contributed by atoms with Crippen LogP contribution in [0.2, 0.25) is 0 Å². The largest absolute Gasteiger partial charge is 0.493 e. The fourth-order valence-electron chi connectivity index (χ4n) is 3.71. The van der Waals surface area contributed by atoms with Gasteiger partial charge < -0.3 is 9.72 Å². The van der Waals surface area contributed by atoms with Crippen molar-refractivity contribution in [3.05, 3.63) is 63.6 Å². The lowest BCUT2D eigenvalue weighted by atomic mass is 10.2. The molecule has 0 amide bonds. The lowest BCUT2D eigenvalue weighted by Gasteiger charge is -2.13. The highest BCUT2D eigenvalue weighted by molar-refractivity contribution is 7.92. The zero-order chi connectivity index (χ0) is 25.9. The first-order valence-corrected chi connectivity index (χ1v) is 13.1. The first-order chi connectivity index (χ1) is 17.3. The van der Waals surface area contributed by atoms with Crippen LogP contribution in [0.25, 0.3) is 22.6 Å². The van der Waals surface area contributed by atoms with Crippen molar-refractivity contribution >= 4 is 26.9 Å². The summed E-state index contributed by atoms with van der Waals surface area (Å²) >= 11 is 0. The van der Waals surface area contributed by atoms with Gasteiger partial charge in [0, 0.05) is 26.0 Å². The van der Waals surface area contributed by atoms with Gasteiger partial charge >= 0.3 is 5.69 Å². The molecule has 0 aliphatic rings. The maximum Gasteiger partial charge on any atom is 0.332 e. The van der Waals surface area contributed by atoms with Gasteiger partial charge in [0.25, 0.3) is 15.6 Å². The number of sulfonamides is 1. The Morgan fingerprint density at radius 2 is 1.83 bits per heavy atom. The van der Waals surface area contributed by atoms with Gasteiger partial charge in [0.15, 0.2) is 5.65 Å². The third kappa shape index (κ3) is 4.89. The number of aryl methyl sites for hydroxylation is 1. The van der Waals surface area contributed by atoms with E-state index in [0.717, 1.165) is 23.8 Å². The Balaban J connectivity index is 1.88. The fourth-order valence-corrected chi connectivity index (χ4v) is 4.80. The van der Waals surface area contributed by atoms with E-state index in [4.69, 9.17) is 4.74 Å². The molecule has 36 heavy (non-hydrogen) atoms. The molecular weight excluding hydrogens is 484 g/mol. The minimum Gasteiger partial charge on any atom is -0.493 e. The average Bonchev–Trinajstić information content (AvgIpc) is 3.31. The quantitative estimate of drug-likeness (QED) is 0.333. The van der Waals surface area contributed by atoms with Crippen LogP contribution in [0.1, 0.15) is 33.1 Å². The van der Waals surface area contributed by atoms with Crippen LogP contribution >= 0.6 is 0 Å². The maximum atomic E-state index is 13.1. The third-order valence-electron chi connectivity index (χ3n) is 5.62. The second kappa shape index (κ2) is 10.4. The predicted octanol–water partition coefficient (Wildman–Crippen LogP) is 2.88. The van der Waals surface area contributed by atoms with Crippen LogP contribution in [0, 0.1) is 0 Å². The third-order valence-corrected chi connectivity index (χ3v) is 7.00. The van der Waals surface area contributed by atoms with Crippen molar-refractivity contribution in [2.75, 3.05) is 11.3 Å². The number of aromatic amines is 1. The van der Waals surface area contributed by atoms with E-state index in [1.165, 1.54) is 36.1 Å². The molecule has 0 atom stereocenters. The Morgan fingerprint density at radius 1 is 1.08 bits per heavy atom. The second-order valence-corrected chi connectivity index (χ2v) is 9.97. The summed E-state index contributed by atoms with van der Waals surface area (Å²) in [5.74, 6) is 0.628. The van der Waals surface area contributed by atoms with Gasteiger partial charge in [-0.2, -0.15) is 0 Å². The predicted molar refractivity (Wildman–Crippen MR) is 137 cm³/mol. The molecule has 12 heteroatoms. The Labute approximate surface area is 207 Å². The van der Waals surface area contributed by atoms with Crippen LogP contribution < -0.4 is 20.7 Å². The molecule has 1 aromatic carbocycles. The smallest absolute Gasteiger partial charge is 0.332 e. The number of anilines is 1. The molecule has 0 saturated carbocycles. The number of hydrogen-bond acceptors (Lipinski definition) is 7. The van der Waals surface area contributed by atoms with Crippen LogP contribution in [0.3, 0.4) is 0 Å². The van der Waals surface area contributed by atoms with Gasteiger partial charge in [0.2, 0.25) is 0 Å². The molecule has 0 radical (unpaired) electrons. The van der Waals surface area contributed by atoms with E-state index in [1.54, 1.807) is 18.2 Å². The van der Waals surface area contributed by atoms with Crippen molar-refractivity contribution in [3.63, 3.8) is 0 Å². The fraction of sp³-hybridized carbons (Fsp3) is 0.333. The van der Waals surface area contributed by atoms with Crippen LogP contribution in [0.5, 0.6) is 5.75 Å².